The van der Waals surface area contributed by atoms with Crippen molar-refractivity contribution in [3.05, 3.63) is 73.0 Å². The van der Waals surface area contributed by atoms with E-state index in [1.807, 2.05) is 24.3 Å². The Hall–Kier alpha value is -2.79. The second kappa shape index (κ2) is 6.61. The molecule has 0 N–H and O–H groups in total. The third-order valence-electron chi connectivity index (χ3n) is 4.51. The van der Waals surface area contributed by atoms with E-state index in [2.05, 4.69) is 21.1 Å². The van der Waals surface area contributed by atoms with Crippen molar-refractivity contribution < 1.29 is 4.39 Å². The molecular formula is C20H19FN4. The maximum atomic E-state index is 13.8. The standard InChI is InChI=1S/C20H19FN4/c1-2-10-24-11-12-25-18(14-24)19(15-6-8-22-9-7-15)20(23-25)16-4-3-5-17(21)13-16/h2-9,13H,1,10-12,14H2. The number of rotatable bonds is 4. The summed E-state index contributed by atoms with van der Waals surface area (Å²) in [7, 11) is 0. The summed E-state index contributed by atoms with van der Waals surface area (Å²) >= 11 is 0. The zero-order valence-electron chi connectivity index (χ0n) is 13.9. The van der Waals surface area contributed by atoms with E-state index in [0.29, 0.717) is 0 Å². The van der Waals surface area contributed by atoms with Gasteiger partial charge in [0.2, 0.25) is 0 Å². The average Bonchev–Trinajstić information content (AvgIpc) is 3.01. The van der Waals surface area contributed by atoms with E-state index in [0.717, 1.165) is 54.3 Å². The summed E-state index contributed by atoms with van der Waals surface area (Å²) in [6.07, 6.45) is 5.48. The van der Waals surface area contributed by atoms with Gasteiger partial charge in [-0.3, -0.25) is 14.6 Å². The van der Waals surface area contributed by atoms with Gasteiger partial charge < -0.3 is 0 Å². The topological polar surface area (TPSA) is 34.0 Å². The lowest BCUT2D eigenvalue weighted by atomic mass is 9.99. The monoisotopic (exact) mass is 334 g/mol. The minimum Gasteiger partial charge on any atom is -0.292 e. The molecule has 126 valence electrons. The molecule has 0 aliphatic carbocycles. The van der Waals surface area contributed by atoms with Crippen LogP contribution in [-0.2, 0) is 13.1 Å². The molecule has 0 radical (unpaired) electrons. The van der Waals surface area contributed by atoms with Crippen LogP contribution < -0.4 is 0 Å². The molecule has 0 spiro atoms. The molecule has 2 aromatic heterocycles. The van der Waals surface area contributed by atoms with Crippen LogP contribution in [0.15, 0.2) is 61.4 Å². The molecule has 3 heterocycles. The first-order valence-corrected chi connectivity index (χ1v) is 8.35. The minimum absolute atomic E-state index is 0.252. The lowest BCUT2D eigenvalue weighted by molar-refractivity contribution is 0.235. The van der Waals surface area contributed by atoms with Crippen molar-refractivity contribution in [3.63, 3.8) is 0 Å². The lowest BCUT2D eigenvalue weighted by Crippen LogP contribution is -2.34. The van der Waals surface area contributed by atoms with Gasteiger partial charge in [0.15, 0.2) is 0 Å². The van der Waals surface area contributed by atoms with E-state index in [1.165, 1.54) is 6.07 Å². The highest BCUT2D eigenvalue weighted by Gasteiger charge is 2.25. The molecule has 5 heteroatoms. The van der Waals surface area contributed by atoms with Crippen molar-refractivity contribution in [3.8, 4) is 22.4 Å². The second-order valence-corrected chi connectivity index (χ2v) is 6.16. The largest absolute Gasteiger partial charge is 0.292 e. The van der Waals surface area contributed by atoms with Crippen LogP contribution in [0.5, 0.6) is 0 Å². The Labute approximate surface area is 146 Å². The van der Waals surface area contributed by atoms with Crippen LogP contribution >= 0.6 is 0 Å². The van der Waals surface area contributed by atoms with Crippen molar-refractivity contribution in [2.75, 3.05) is 13.1 Å². The molecule has 0 saturated carbocycles. The molecule has 3 aromatic rings. The number of benzene rings is 1. The summed E-state index contributed by atoms with van der Waals surface area (Å²) in [5.74, 6) is -0.252. The SMILES string of the molecule is C=CCN1CCn2nc(-c3cccc(F)c3)c(-c3ccncc3)c2C1. The number of nitrogens with zero attached hydrogens (tertiary/aromatic N) is 4. The predicted molar refractivity (Wildman–Crippen MR) is 96.3 cm³/mol. The number of hydrogen-bond acceptors (Lipinski definition) is 3. The van der Waals surface area contributed by atoms with Gasteiger partial charge in [0.05, 0.1) is 12.2 Å². The molecule has 1 aliphatic rings. The molecular weight excluding hydrogens is 315 g/mol. The number of hydrogen-bond donors (Lipinski definition) is 0. The van der Waals surface area contributed by atoms with Crippen molar-refractivity contribution in [2.24, 2.45) is 0 Å². The van der Waals surface area contributed by atoms with E-state index in [9.17, 15) is 4.39 Å². The fraction of sp³-hybridized carbons (Fsp3) is 0.200. The fourth-order valence-corrected chi connectivity index (χ4v) is 3.37. The van der Waals surface area contributed by atoms with Gasteiger partial charge in [0.1, 0.15) is 11.5 Å². The number of halogens is 1. The normalized spacial score (nSPS) is 14.3. The molecule has 0 fully saturated rings. The van der Waals surface area contributed by atoms with E-state index in [-0.39, 0.29) is 5.82 Å². The second-order valence-electron chi connectivity index (χ2n) is 6.16. The number of pyridine rings is 1. The Morgan fingerprint density at radius 3 is 2.72 bits per heavy atom. The number of aromatic nitrogens is 3. The van der Waals surface area contributed by atoms with Gasteiger partial charge in [-0.2, -0.15) is 5.10 Å². The summed E-state index contributed by atoms with van der Waals surface area (Å²) in [5.41, 5.74) is 4.88. The van der Waals surface area contributed by atoms with Crippen LogP contribution in [0.4, 0.5) is 4.39 Å². The van der Waals surface area contributed by atoms with Gasteiger partial charge in [0.25, 0.3) is 0 Å². The van der Waals surface area contributed by atoms with E-state index in [4.69, 9.17) is 5.10 Å². The Morgan fingerprint density at radius 2 is 1.96 bits per heavy atom. The van der Waals surface area contributed by atoms with Gasteiger partial charge >= 0.3 is 0 Å². The van der Waals surface area contributed by atoms with Crippen LogP contribution in [0, 0.1) is 5.82 Å². The van der Waals surface area contributed by atoms with Gasteiger partial charge in [-0.1, -0.05) is 18.2 Å². The fourth-order valence-electron chi connectivity index (χ4n) is 3.37. The highest BCUT2D eigenvalue weighted by Crippen LogP contribution is 2.36. The van der Waals surface area contributed by atoms with Crippen LogP contribution in [0.25, 0.3) is 22.4 Å². The zero-order valence-corrected chi connectivity index (χ0v) is 13.9. The smallest absolute Gasteiger partial charge is 0.123 e. The molecule has 0 unspecified atom stereocenters. The van der Waals surface area contributed by atoms with Crippen molar-refractivity contribution in [2.45, 2.75) is 13.1 Å². The molecule has 0 atom stereocenters. The zero-order chi connectivity index (χ0) is 17.2. The maximum absolute atomic E-state index is 13.8. The van der Waals surface area contributed by atoms with Crippen LogP contribution in [0.3, 0.4) is 0 Å². The molecule has 25 heavy (non-hydrogen) atoms. The Balaban J connectivity index is 1.89. The first kappa shape index (κ1) is 15.7. The van der Waals surface area contributed by atoms with Crippen molar-refractivity contribution in [1.82, 2.24) is 19.7 Å². The molecule has 0 saturated heterocycles. The van der Waals surface area contributed by atoms with Gasteiger partial charge in [-0.15, -0.1) is 6.58 Å². The Morgan fingerprint density at radius 1 is 1.12 bits per heavy atom. The summed E-state index contributed by atoms with van der Waals surface area (Å²) in [6, 6.07) is 10.6. The molecule has 1 aromatic carbocycles. The molecule has 1 aliphatic heterocycles. The third kappa shape index (κ3) is 2.98. The van der Waals surface area contributed by atoms with Gasteiger partial charge in [0, 0.05) is 43.2 Å². The Kier molecular flexibility index (Phi) is 4.15. The molecule has 4 rings (SSSR count). The first-order valence-electron chi connectivity index (χ1n) is 8.35. The highest BCUT2D eigenvalue weighted by molar-refractivity contribution is 5.82. The predicted octanol–water partition coefficient (Wildman–Crippen LogP) is 3.75. The van der Waals surface area contributed by atoms with E-state index >= 15 is 0 Å². The lowest BCUT2D eigenvalue weighted by Gasteiger charge is -2.27. The minimum atomic E-state index is -0.252. The molecule has 0 amide bonds. The number of fused-ring (bicyclic) bond motifs is 1. The first-order chi connectivity index (χ1) is 12.3. The van der Waals surface area contributed by atoms with Crippen LogP contribution in [0.2, 0.25) is 0 Å². The van der Waals surface area contributed by atoms with Gasteiger partial charge in [-0.25, -0.2) is 4.39 Å². The third-order valence-corrected chi connectivity index (χ3v) is 4.51. The highest BCUT2D eigenvalue weighted by atomic mass is 19.1. The molecule has 0 bridgehead atoms. The summed E-state index contributed by atoms with van der Waals surface area (Å²) in [4.78, 5) is 6.45. The summed E-state index contributed by atoms with van der Waals surface area (Å²) < 4.78 is 15.8. The van der Waals surface area contributed by atoms with Gasteiger partial charge in [-0.05, 0) is 29.8 Å². The summed E-state index contributed by atoms with van der Waals surface area (Å²) in [5, 5.41) is 4.81. The Bertz CT molecular complexity index is 901. The van der Waals surface area contributed by atoms with E-state index in [1.54, 1.807) is 24.5 Å². The average molecular weight is 334 g/mol. The van der Waals surface area contributed by atoms with Crippen molar-refractivity contribution >= 4 is 0 Å². The quantitative estimate of drug-likeness (QED) is 0.682. The van der Waals surface area contributed by atoms with Crippen LogP contribution in [-0.4, -0.2) is 32.8 Å². The van der Waals surface area contributed by atoms with Crippen LogP contribution in [0.1, 0.15) is 5.69 Å². The van der Waals surface area contributed by atoms with E-state index < -0.39 is 0 Å². The molecule has 4 nitrogen and oxygen atoms in total. The van der Waals surface area contributed by atoms with Crippen molar-refractivity contribution in [1.29, 1.82) is 0 Å². The maximum Gasteiger partial charge on any atom is 0.123 e. The summed E-state index contributed by atoms with van der Waals surface area (Å²) in [6.45, 7) is 7.23.